The van der Waals surface area contributed by atoms with E-state index >= 15 is 0 Å². The number of hydrogen-bond donors (Lipinski definition) is 2. The molecule has 0 radical (unpaired) electrons. The van der Waals surface area contributed by atoms with Crippen molar-refractivity contribution in [1.29, 1.82) is 0 Å². The molecular weight excluding hydrogens is 217 g/mol. The smallest absolute Gasteiger partial charge is 0.330 e. The molecule has 1 saturated carbocycles. The number of rotatable bonds is 7. The predicted octanol–water partition coefficient (Wildman–Crippen LogP) is 2.44. The topological polar surface area (TPSA) is 38.0 Å². The fourth-order valence-corrected chi connectivity index (χ4v) is 2.13. The molecule has 1 aliphatic carbocycles. The first-order valence-electron chi connectivity index (χ1n) is 5.95. The highest BCUT2D eigenvalue weighted by Gasteiger charge is 2.34. The zero-order valence-corrected chi connectivity index (χ0v) is 9.58. The van der Waals surface area contributed by atoms with E-state index in [-0.39, 0.29) is 11.8 Å². The van der Waals surface area contributed by atoms with Gasteiger partial charge in [-0.2, -0.15) is 13.2 Å². The Kier molecular flexibility index (Phi) is 5.05. The van der Waals surface area contributed by atoms with Crippen molar-refractivity contribution in [2.75, 3.05) is 19.6 Å². The highest BCUT2D eigenvalue weighted by Crippen LogP contribution is 2.42. The van der Waals surface area contributed by atoms with Crippen molar-refractivity contribution in [3.63, 3.8) is 0 Å². The van der Waals surface area contributed by atoms with Crippen molar-refractivity contribution in [1.82, 2.24) is 5.32 Å². The van der Waals surface area contributed by atoms with Crippen LogP contribution in [0.25, 0.3) is 0 Å². The normalized spacial score (nSPS) is 19.5. The molecule has 2 nitrogen and oxygen atoms in total. The molecule has 0 aromatic rings. The van der Waals surface area contributed by atoms with Gasteiger partial charge in [0, 0.05) is 6.42 Å². The predicted molar refractivity (Wildman–Crippen MR) is 58.1 cm³/mol. The van der Waals surface area contributed by atoms with Crippen LogP contribution in [0.3, 0.4) is 0 Å². The first-order valence-corrected chi connectivity index (χ1v) is 5.95. The van der Waals surface area contributed by atoms with Gasteiger partial charge in [0.05, 0.1) is 0 Å². The maximum Gasteiger partial charge on any atom is 0.389 e. The van der Waals surface area contributed by atoms with Crippen LogP contribution in [-0.4, -0.2) is 25.8 Å². The average Bonchev–Trinajstić information content (AvgIpc) is 2.13. The summed E-state index contributed by atoms with van der Waals surface area (Å²) in [5, 5.41) is 3.06. The molecule has 0 aromatic heterocycles. The Labute approximate surface area is 94.8 Å². The summed E-state index contributed by atoms with van der Waals surface area (Å²) in [6, 6.07) is 0. The van der Waals surface area contributed by atoms with Crippen LogP contribution in [0.4, 0.5) is 13.2 Å². The van der Waals surface area contributed by atoms with Crippen molar-refractivity contribution < 1.29 is 13.2 Å². The molecule has 0 bridgehead atoms. The first kappa shape index (κ1) is 13.8. The molecule has 16 heavy (non-hydrogen) atoms. The van der Waals surface area contributed by atoms with E-state index in [2.05, 4.69) is 5.32 Å². The molecule has 96 valence electrons. The second kappa shape index (κ2) is 5.87. The fraction of sp³-hybridized carbons (Fsp3) is 1.00. The maximum absolute atomic E-state index is 11.8. The standard InChI is InChI=1S/C11H21F3N2/c12-11(13,14)5-2-7-16-8-6-10(9-15)3-1-4-10/h16H,1-9,15H2. The molecule has 0 amide bonds. The number of hydrogen-bond acceptors (Lipinski definition) is 2. The van der Waals surface area contributed by atoms with Crippen molar-refractivity contribution >= 4 is 0 Å². The molecule has 3 N–H and O–H groups in total. The van der Waals surface area contributed by atoms with Crippen LogP contribution in [-0.2, 0) is 0 Å². The van der Waals surface area contributed by atoms with Crippen molar-refractivity contribution in [2.45, 2.75) is 44.7 Å². The Bertz CT molecular complexity index is 194. The van der Waals surface area contributed by atoms with Crippen LogP contribution in [0.15, 0.2) is 0 Å². The van der Waals surface area contributed by atoms with E-state index in [0.29, 0.717) is 13.1 Å². The Morgan fingerprint density at radius 2 is 1.88 bits per heavy atom. The SMILES string of the molecule is NCC1(CCNCCCC(F)(F)F)CCC1. The maximum atomic E-state index is 11.8. The lowest BCUT2D eigenvalue weighted by Crippen LogP contribution is -2.39. The lowest BCUT2D eigenvalue weighted by atomic mass is 9.67. The van der Waals surface area contributed by atoms with Crippen molar-refractivity contribution in [2.24, 2.45) is 11.1 Å². The van der Waals surface area contributed by atoms with Crippen LogP contribution in [0.1, 0.15) is 38.5 Å². The van der Waals surface area contributed by atoms with Gasteiger partial charge < -0.3 is 11.1 Å². The molecule has 1 fully saturated rings. The van der Waals surface area contributed by atoms with E-state index in [1.165, 1.54) is 19.3 Å². The highest BCUT2D eigenvalue weighted by atomic mass is 19.4. The molecule has 0 heterocycles. The van der Waals surface area contributed by atoms with Crippen LogP contribution < -0.4 is 11.1 Å². The molecule has 1 rings (SSSR count). The van der Waals surface area contributed by atoms with Crippen LogP contribution in [0.2, 0.25) is 0 Å². The molecule has 0 unspecified atom stereocenters. The monoisotopic (exact) mass is 238 g/mol. The number of halogens is 3. The van der Waals surface area contributed by atoms with E-state index in [4.69, 9.17) is 5.73 Å². The van der Waals surface area contributed by atoms with Crippen molar-refractivity contribution in [3.05, 3.63) is 0 Å². The van der Waals surface area contributed by atoms with Gasteiger partial charge >= 0.3 is 6.18 Å². The second-order valence-electron chi connectivity index (χ2n) is 4.78. The van der Waals surface area contributed by atoms with E-state index in [9.17, 15) is 13.2 Å². The largest absolute Gasteiger partial charge is 0.389 e. The summed E-state index contributed by atoms with van der Waals surface area (Å²) < 4.78 is 35.5. The molecule has 0 spiro atoms. The van der Waals surface area contributed by atoms with Gasteiger partial charge in [-0.3, -0.25) is 0 Å². The Morgan fingerprint density at radius 1 is 1.19 bits per heavy atom. The average molecular weight is 238 g/mol. The Morgan fingerprint density at radius 3 is 2.31 bits per heavy atom. The zero-order valence-electron chi connectivity index (χ0n) is 9.58. The number of alkyl halides is 3. The summed E-state index contributed by atoms with van der Waals surface area (Å²) in [5.41, 5.74) is 5.98. The van der Waals surface area contributed by atoms with Crippen LogP contribution in [0.5, 0.6) is 0 Å². The second-order valence-corrected chi connectivity index (χ2v) is 4.78. The van der Waals surface area contributed by atoms with Crippen molar-refractivity contribution in [3.8, 4) is 0 Å². The van der Waals surface area contributed by atoms with Gasteiger partial charge in [-0.05, 0) is 50.7 Å². The quantitative estimate of drug-likeness (QED) is 0.668. The van der Waals surface area contributed by atoms with Gasteiger partial charge in [-0.1, -0.05) is 6.42 Å². The lowest BCUT2D eigenvalue weighted by Gasteiger charge is -2.41. The first-order chi connectivity index (χ1) is 7.47. The van der Waals surface area contributed by atoms with Gasteiger partial charge in [0.2, 0.25) is 0 Å². The van der Waals surface area contributed by atoms with Crippen LogP contribution in [0, 0.1) is 5.41 Å². The summed E-state index contributed by atoms with van der Waals surface area (Å²) in [7, 11) is 0. The summed E-state index contributed by atoms with van der Waals surface area (Å²) in [5.74, 6) is 0. The van der Waals surface area contributed by atoms with E-state index < -0.39 is 12.6 Å². The summed E-state index contributed by atoms with van der Waals surface area (Å²) in [6.45, 7) is 1.94. The van der Waals surface area contributed by atoms with Gasteiger partial charge in [0.1, 0.15) is 0 Å². The van der Waals surface area contributed by atoms with E-state index in [1.807, 2.05) is 0 Å². The zero-order chi connectivity index (χ0) is 12.1. The fourth-order valence-electron chi connectivity index (χ4n) is 2.13. The third kappa shape index (κ3) is 4.70. The van der Waals surface area contributed by atoms with E-state index in [1.54, 1.807) is 0 Å². The third-order valence-corrected chi connectivity index (χ3v) is 3.49. The molecule has 0 aromatic carbocycles. The molecule has 0 aliphatic heterocycles. The van der Waals surface area contributed by atoms with Gasteiger partial charge in [0.15, 0.2) is 0 Å². The summed E-state index contributed by atoms with van der Waals surface area (Å²) in [4.78, 5) is 0. The summed E-state index contributed by atoms with van der Waals surface area (Å²) in [6.07, 6.45) is 0.0392. The van der Waals surface area contributed by atoms with Gasteiger partial charge in [-0.15, -0.1) is 0 Å². The molecular formula is C11H21F3N2. The minimum absolute atomic E-state index is 0.166. The molecule has 0 saturated heterocycles. The molecule has 5 heteroatoms. The van der Waals surface area contributed by atoms with Gasteiger partial charge in [0.25, 0.3) is 0 Å². The molecule has 0 atom stereocenters. The minimum Gasteiger partial charge on any atom is -0.330 e. The lowest BCUT2D eigenvalue weighted by molar-refractivity contribution is -0.135. The molecule has 1 aliphatic rings. The number of nitrogens with one attached hydrogen (secondary N) is 1. The Balaban J connectivity index is 1.96. The summed E-state index contributed by atoms with van der Waals surface area (Å²) >= 11 is 0. The van der Waals surface area contributed by atoms with Crippen LogP contribution >= 0.6 is 0 Å². The van der Waals surface area contributed by atoms with E-state index in [0.717, 1.165) is 13.0 Å². The van der Waals surface area contributed by atoms with Gasteiger partial charge in [-0.25, -0.2) is 0 Å². The highest BCUT2D eigenvalue weighted by molar-refractivity contribution is 4.88. The Hall–Kier alpha value is -0.290. The third-order valence-electron chi connectivity index (χ3n) is 3.49. The minimum atomic E-state index is -4.02. The number of nitrogens with two attached hydrogens (primary N) is 1.